The van der Waals surface area contributed by atoms with E-state index in [-0.39, 0.29) is 18.7 Å². The van der Waals surface area contributed by atoms with Crippen LogP contribution in [0.4, 0.5) is 4.79 Å². The molecule has 0 saturated heterocycles. The van der Waals surface area contributed by atoms with Gasteiger partial charge in [0.2, 0.25) is 0 Å². The number of aliphatic hydroxyl groups is 1. The summed E-state index contributed by atoms with van der Waals surface area (Å²) in [4.78, 5) is 14.1. The van der Waals surface area contributed by atoms with E-state index in [9.17, 15) is 9.90 Å². The third kappa shape index (κ3) is 3.95. The fraction of sp³-hybridized carbons (Fsp3) is 0.562. The summed E-state index contributed by atoms with van der Waals surface area (Å²) in [5.41, 5.74) is 2.50. The molecule has 1 unspecified atom stereocenters. The van der Waals surface area contributed by atoms with Crippen LogP contribution in [0.25, 0.3) is 0 Å². The zero-order chi connectivity index (χ0) is 15.1. The smallest absolute Gasteiger partial charge is 0.318 e. The molecular formula is C16H24N2O3. The highest BCUT2D eigenvalue weighted by atomic mass is 16.5. The lowest BCUT2D eigenvalue weighted by Gasteiger charge is -2.29. The van der Waals surface area contributed by atoms with E-state index in [1.165, 1.54) is 11.1 Å². The summed E-state index contributed by atoms with van der Waals surface area (Å²) in [6.45, 7) is 3.89. The van der Waals surface area contributed by atoms with Gasteiger partial charge in [-0.05, 0) is 30.9 Å². The molecule has 1 aromatic carbocycles. The third-order valence-electron chi connectivity index (χ3n) is 3.81. The first-order chi connectivity index (χ1) is 10.3. The highest BCUT2D eigenvalue weighted by molar-refractivity contribution is 5.75. The second kappa shape index (κ2) is 8.00. The summed E-state index contributed by atoms with van der Waals surface area (Å²) < 4.78 is 5.22. The van der Waals surface area contributed by atoms with E-state index in [1.54, 1.807) is 4.90 Å². The van der Waals surface area contributed by atoms with Gasteiger partial charge < -0.3 is 20.1 Å². The molecule has 0 radical (unpaired) electrons. The highest BCUT2D eigenvalue weighted by Crippen LogP contribution is 2.35. The number of urea groups is 1. The molecule has 0 spiro atoms. The van der Waals surface area contributed by atoms with Gasteiger partial charge in [-0.3, -0.25) is 0 Å². The fourth-order valence-corrected chi connectivity index (χ4v) is 2.84. The SMILES string of the molecule is CCOCCNC(=O)N(CCO)C1CCc2ccccc21. The molecule has 21 heavy (non-hydrogen) atoms. The van der Waals surface area contributed by atoms with Crippen molar-refractivity contribution in [2.75, 3.05) is 32.9 Å². The van der Waals surface area contributed by atoms with Crippen molar-refractivity contribution in [2.24, 2.45) is 0 Å². The number of carbonyl (C=O) groups excluding carboxylic acids is 1. The van der Waals surface area contributed by atoms with Crippen molar-refractivity contribution in [3.63, 3.8) is 0 Å². The van der Waals surface area contributed by atoms with Crippen LogP contribution in [0.3, 0.4) is 0 Å². The van der Waals surface area contributed by atoms with Gasteiger partial charge in [-0.2, -0.15) is 0 Å². The van der Waals surface area contributed by atoms with Crippen molar-refractivity contribution in [2.45, 2.75) is 25.8 Å². The number of hydrogen-bond donors (Lipinski definition) is 2. The summed E-state index contributed by atoms with van der Waals surface area (Å²) in [7, 11) is 0. The van der Waals surface area contributed by atoms with Gasteiger partial charge >= 0.3 is 6.03 Å². The van der Waals surface area contributed by atoms with E-state index in [4.69, 9.17) is 4.74 Å². The molecule has 0 heterocycles. The minimum absolute atomic E-state index is 0.0302. The number of hydrogen-bond acceptors (Lipinski definition) is 3. The Labute approximate surface area is 125 Å². The van der Waals surface area contributed by atoms with Crippen LogP contribution < -0.4 is 5.32 Å². The van der Waals surface area contributed by atoms with E-state index in [0.29, 0.717) is 26.3 Å². The van der Waals surface area contributed by atoms with Gasteiger partial charge in [0.15, 0.2) is 0 Å². The van der Waals surface area contributed by atoms with Crippen LogP contribution in [0.2, 0.25) is 0 Å². The monoisotopic (exact) mass is 292 g/mol. The van der Waals surface area contributed by atoms with Gasteiger partial charge in [0.05, 0.1) is 19.3 Å². The first-order valence-corrected chi connectivity index (χ1v) is 7.58. The first kappa shape index (κ1) is 15.8. The average Bonchev–Trinajstić information content (AvgIpc) is 2.93. The van der Waals surface area contributed by atoms with E-state index in [2.05, 4.69) is 17.4 Å². The number of aryl methyl sites for hydroxylation is 1. The molecule has 0 saturated carbocycles. The number of benzene rings is 1. The molecule has 2 amide bonds. The predicted molar refractivity (Wildman–Crippen MR) is 81.2 cm³/mol. The summed E-state index contributed by atoms with van der Waals surface area (Å²) in [5, 5.41) is 12.1. The van der Waals surface area contributed by atoms with Crippen molar-refractivity contribution < 1.29 is 14.6 Å². The Morgan fingerprint density at radius 2 is 2.29 bits per heavy atom. The largest absolute Gasteiger partial charge is 0.395 e. The molecule has 2 rings (SSSR count). The number of ether oxygens (including phenoxy) is 1. The van der Waals surface area contributed by atoms with Crippen molar-refractivity contribution >= 4 is 6.03 Å². The van der Waals surface area contributed by atoms with Crippen LogP contribution in [0.15, 0.2) is 24.3 Å². The van der Waals surface area contributed by atoms with Crippen LogP contribution in [-0.2, 0) is 11.2 Å². The fourth-order valence-electron chi connectivity index (χ4n) is 2.84. The molecule has 5 heteroatoms. The number of nitrogens with one attached hydrogen (secondary N) is 1. The minimum atomic E-state index is -0.134. The van der Waals surface area contributed by atoms with Gasteiger partial charge in [-0.1, -0.05) is 24.3 Å². The second-order valence-corrected chi connectivity index (χ2v) is 5.10. The van der Waals surface area contributed by atoms with E-state index in [1.807, 2.05) is 19.1 Å². The number of aliphatic hydroxyl groups excluding tert-OH is 1. The van der Waals surface area contributed by atoms with Crippen LogP contribution in [0.5, 0.6) is 0 Å². The molecule has 0 aromatic heterocycles. The standard InChI is InChI=1S/C16H24N2O3/c1-2-21-12-9-17-16(20)18(10-11-19)15-8-7-13-5-3-4-6-14(13)15/h3-6,15,19H,2,7-12H2,1H3,(H,17,20). The summed E-state index contributed by atoms with van der Waals surface area (Å²) in [5.74, 6) is 0. The molecule has 2 N–H and O–H groups in total. The molecule has 1 aromatic rings. The Kier molecular flexibility index (Phi) is 6.02. The van der Waals surface area contributed by atoms with Crippen LogP contribution in [0, 0.1) is 0 Å². The Hall–Kier alpha value is -1.59. The molecule has 0 fully saturated rings. The molecule has 5 nitrogen and oxygen atoms in total. The number of fused-ring (bicyclic) bond motifs is 1. The summed E-state index contributed by atoms with van der Waals surface area (Å²) in [6, 6.07) is 8.14. The molecule has 0 bridgehead atoms. The number of rotatable bonds is 7. The van der Waals surface area contributed by atoms with Crippen molar-refractivity contribution in [1.29, 1.82) is 0 Å². The summed E-state index contributed by atoms with van der Waals surface area (Å²) >= 11 is 0. The van der Waals surface area contributed by atoms with Crippen molar-refractivity contribution in [3.8, 4) is 0 Å². The molecular weight excluding hydrogens is 268 g/mol. The topological polar surface area (TPSA) is 61.8 Å². The van der Waals surface area contributed by atoms with Crippen molar-refractivity contribution in [3.05, 3.63) is 35.4 Å². The van der Waals surface area contributed by atoms with Gasteiger partial charge in [-0.15, -0.1) is 0 Å². The summed E-state index contributed by atoms with van der Waals surface area (Å²) in [6.07, 6.45) is 1.90. The van der Waals surface area contributed by atoms with Gasteiger partial charge in [0, 0.05) is 19.7 Å². The normalized spacial score (nSPS) is 16.6. The Balaban J connectivity index is 2.00. The van der Waals surface area contributed by atoms with Gasteiger partial charge in [0.25, 0.3) is 0 Å². The molecule has 0 aliphatic heterocycles. The Morgan fingerprint density at radius 1 is 1.48 bits per heavy atom. The lowest BCUT2D eigenvalue weighted by Crippen LogP contribution is -2.44. The maximum atomic E-state index is 12.3. The van der Waals surface area contributed by atoms with Gasteiger partial charge in [0.1, 0.15) is 0 Å². The van der Waals surface area contributed by atoms with Crippen molar-refractivity contribution in [1.82, 2.24) is 10.2 Å². The van der Waals surface area contributed by atoms with Gasteiger partial charge in [-0.25, -0.2) is 4.79 Å². The molecule has 116 valence electrons. The molecule has 1 aliphatic carbocycles. The lowest BCUT2D eigenvalue weighted by atomic mass is 10.1. The van der Waals surface area contributed by atoms with Crippen LogP contribution >= 0.6 is 0 Å². The molecule has 1 aliphatic rings. The lowest BCUT2D eigenvalue weighted by molar-refractivity contribution is 0.134. The number of carbonyl (C=O) groups is 1. The second-order valence-electron chi connectivity index (χ2n) is 5.10. The Morgan fingerprint density at radius 3 is 3.05 bits per heavy atom. The minimum Gasteiger partial charge on any atom is -0.395 e. The maximum Gasteiger partial charge on any atom is 0.318 e. The van der Waals surface area contributed by atoms with Crippen LogP contribution in [-0.4, -0.2) is 48.9 Å². The molecule has 1 atom stereocenters. The van der Waals surface area contributed by atoms with E-state index in [0.717, 1.165) is 12.8 Å². The van der Waals surface area contributed by atoms with E-state index < -0.39 is 0 Å². The maximum absolute atomic E-state index is 12.3. The van der Waals surface area contributed by atoms with Crippen LogP contribution in [0.1, 0.15) is 30.5 Å². The van der Waals surface area contributed by atoms with E-state index >= 15 is 0 Å². The number of nitrogens with zero attached hydrogens (tertiary/aromatic N) is 1. The average molecular weight is 292 g/mol. The quantitative estimate of drug-likeness (QED) is 0.752. The predicted octanol–water partition coefficient (Wildman–Crippen LogP) is 1.71. The Bertz CT molecular complexity index is 465. The number of amides is 2. The third-order valence-corrected chi connectivity index (χ3v) is 3.81. The first-order valence-electron chi connectivity index (χ1n) is 7.58. The zero-order valence-electron chi connectivity index (χ0n) is 12.5. The highest BCUT2D eigenvalue weighted by Gasteiger charge is 2.30. The zero-order valence-corrected chi connectivity index (χ0v) is 12.5.